The Bertz CT molecular complexity index is 279. The molecule has 0 saturated heterocycles. The highest BCUT2D eigenvalue weighted by Crippen LogP contribution is 2.11. The van der Waals surface area contributed by atoms with Crippen LogP contribution in [0.25, 0.3) is 0 Å². The highest BCUT2D eigenvalue weighted by atomic mass is 16.2. The lowest BCUT2D eigenvalue weighted by molar-refractivity contribution is -0.129. The molecule has 0 aliphatic heterocycles. The third-order valence-corrected chi connectivity index (χ3v) is 1.83. The first-order chi connectivity index (χ1) is 6.94. The van der Waals surface area contributed by atoms with Crippen molar-refractivity contribution >= 4 is 11.8 Å². The van der Waals surface area contributed by atoms with Crippen molar-refractivity contribution in [3.8, 4) is 6.07 Å². The van der Waals surface area contributed by atoms with Gasteiger partial charge >= 0.3 is 0 Å². The van der Waals surface area contributed by atoms with E-state index in [0.29, 0.717) is 6.54 Å². The zero-order valence-corrected chi connectivity index (χ0v) is 9.39. The lowest BCUT2D eigenvalue weighted by Gasteiger charge is -2.14. The van der Waals surface area contributed by atoms with E-state index in [2.05, 4.69) is 10.6 Å². The quantitative estimate of drug-likeness (QED) is 0.680. The fourth-order valence-electron chi connectivity index (χ4n) is 0.759. The molecule has 0 aromatic rings. The Kier molecular flexibility index (Phi) is 5.39. The minimum atomic E-state index is -1.09. The van der Waals surface area contributed by atoms with Crippen LogP contribution in [0.1, 0.15) is 27.2 Å². The summed E-state index contributed by atoms with van der Waals surface area (Å²) in [5.74, 6) is -0.671. The van der Waals surface area contributed by atoms with Crippen LogP contribution in [0.2, 0.25) is 0 Å². The Balaban J connectivity index is 3.92. The molecule has 0 spiro atoms. The summed E-state index contributed by atoms with van der Waals surface area (Å²) in [6.07, 6.45) is 0.851. The number of carbonyl (C=O) groups is 2. The largest absolute Gasteiger partial charge is 0.355 e. The van der Waals surface area contributed by atoms with Gasteiger partial charge in [-0.15, -0.1) is 0 Å². The number of nitrogens with zero attached hydrogens (tertiary/aromatic N) is 1. The molecule has 84 valence electrons. The van der Waals surface area contributed by atoms with Gasteiger partial charge in [-0.05, 0) is 20.3 Å². The number of nitriles is 1. The van der Waals surface area contributed by atoms with Crippen LogP contribution in [0, 0.1) is 16.7 Å². The van der Waals surface area contributed by atoms with Crippen LogP contribution in [0.3, 0.4) is 0 Å². The van der Waals surface area contributed by atoms with E-state index in [1.807, 2.05) is 13.0 Å². The molecule has 0 aliphatic rings. The van der Waals surface area contributed by atoms with Crippen LogP contribution in [-0.4, -0.2) is 24.9 Å². The number of rotatable bonds is 5. The van der Waals surface area contributed by atoms with Crippen LogP contribution in [0.15, 0.2) is 0 Å². The molecule has 5 heteroatoms. The number of amides is 2. The molecule has 15 heavy (non-hydrogen) atoms. The normalized spacial score (nSPS) is 10.3. The summed E-state index contributed by atoms with van der Waals surface area (Å²) in [5, 5.41) is 13.7. The number of carbonyl (C=O) groups excluding carboxylic acids is 2. The summed E-state index contributed by atoms with van der Waals surface area (Å²) in [6, 6.07) is 1.86. The Morgan fingerprint density at radius 1 is 1.33 bits per heavy atom. The third kappa shape index (κ3) is 5.01. The first-order valence-electron chi connectivity index (χ1n) is 4.90. The maximum absolute atomic E-state index is 11.4. The summed E-state index contributed by atoms with van der Waals surface area (Å²) >= 11 is 0. The van der Waals surface area contributed by atoms with Gasteiger partial charge in [0.25, 0.3) is 0 Å². The second kappa shape index (κ2) is 6.02. The predicted octanol–water partition coefficient (Wildman–Crippen LogP) is 0.179. The Labute approximate surface area is 89.8 Å². The molecule has 0 radical (unpaired) electrons. The van der Waals surface area contributed by atoms with Crippen molar-refractivity contribution in [1.82, 2.24) is 10.6 Å². The molecule has 0 saturated carbocycles. The lowest BCUT2D eigenvalue weighted by atomic mass is 9.95. The number of hydrogen-bond acceptors (Lipinski definition) is 3. The van der Waals surface area contributed by atoms with Gasteiger partial charge in [-0.3, -0.25) is 9.59 Å². The molecular formula is C10H17N3O2. The van der Waals surface area contributed by atoms with Gasteiger partial charge in [0.15, 0.2) is 0 Å². The van der Waals surface area contributed by atoms with E-state index in [-0.39, 0.29) is 12.5 Å². The summed E-state index contributed by atoms with van der Waals surface area (Å²) in [6.45, 7) is 5.47. The van der Waals surface area contributed by atoms with Crippen molar-refractivity contribution in [3.63, 3.8) is 0 Å². The van der Waals surface area contributed by atoms with Crippen LogP contribution < -0.4 is 10.6 Å². The molecule has 0 fully saturated rings. The molecule has 0 aromatic carbocycles. The smallest absolute Gasteiger partial charge is 0.240 e. The fraction of sp³-hybridized carbons (Fsp3) is 0.700. The molecule has 0 rings (SSSR count). The number of nitrogens with one attached hydrogen (secondary N) is 2. The van der Waals surface area contributed by atoms with Crippen molar-refractivity contribution in [3.05, 3.63) is 0 Å². The van der Waals surface area contributed by atoms with Gasteiger partial charge in [0.2, 0.25) is 11.8 Å². The van der Waals surface area contributed by atoms with E-state index in [4.69, 9.17) is 5.26 Å². The van der Waals surface area contributed by atoms with Gasteiger partial charge in [0.05, 0.1) is 12.6 Å². The first kappa shape index (κ1) is 13.4. The highest BCUT2D eigenvalue weighted by Gasteiger charge is 2.27. The Morgan fingerprint density at radius 2 is 1.93 bits per heavy atom. The average molecular weight is 211 g/mol. The molecule has 0 atom stereocenters. The molecule has 0 aliphatic carbocycles. The van der Waals surface area contributed by atoms with Crippen molar-refractivity contribution in [2.45, 2.75) is 27.2 Å². The van der Waals surface area contributed by atoms with Crippen molar-refractivity contribution < 1.29 is 9.59 Å². The third-order valence-electron chi connectivity index (χ3n) is 1.83. The topological polar surface area (TPSA) is 82.0 Å². The monoisotopic (exact) mass is 211 g/mol. The predicted molar refractivity (Wildman–Crippen MR) is 55.7 cm³/mol. The molecule has 0 heterocycles. The molecule has 5 nitrogen and oxygen atoms in total. The van der Waals surface area contributed by atoms with Gasteiger partial charge in [0, 0.05) is 6.54 Å². The molecule has 2 amide bonds. The van der Waals surface area contributed by atoms with E-state index in [1.54, 1.807) is 0 Å². The number of hydrogen-bond donors (Lipinski definition) is 2. The van der Waals surface area contributed by atoms with Gasteiger partial charge < -0.3 is 10.6 Å². The Hall–Kier alpha value is -1.57. The molecular weight excluding hydrogens is 194 g/mol. The van der Waals surface area contributed by atoms with Crippen molar-refractivity contribution in [2.75, 3.05) is 13.1 Å². The van der Waals surface area contributed by atoms with E-state index < -0.39 is 11.3 Å². The van der Waals surface area contributed by atoms with Gasteiger partial charge in [0.1, 0.15) is 5.41 Å². The second-order valence-corrected chi connectivity index (χ2v) is 3.77. The minimum Gasteiger partial charge on any atom is -0.355 e. The molecule has 0 bridgehead atoms. The summed E-state index contributed by atoms with van der Waals surface area (Å²) in [7, 11) is 0. The van der Waals surface area contributed by atoms with Gasteiger partial charge in [-0.2, -0.15) is 5.26 Å². The van der Waals surface area contributed by atoms with Gasteiger partial charge in [-0.1, -0.05) is 6.92 Å². The van der Waals surface area contributed by atoms with Crippen LogP contribution in [0.5, 0.6) is 0 Å². The zero-order chi connectivity index (χ0) is 11.9. The van der Waals surface area contributed by atoms with E-state index in [0.717, 1.165) is 6.42 Å². The molecule has 0 unspecified atom stereocenters. The van der Waals surface area contributed by atoms with Gasteiger partial charge in [-0.25, -0.2) is 0 Å². The summed E-state index contributed by atoms with van der Waals surface area (Å²) in [5.41, 5.74) is -1.09. The molecule has 0 aromatic heterocycles. The van der Waals surface area contributed by atoms with Crippen LogP contribution >= 0.6 is 0 Å². The highest BCUT2D eigenvalue weighted by molar-refractivity contribution is 5.88. The van der Waals surface area contributed by atoms with Crippen molar-refractivity contribution in [1.29, 1.82) is 5.26 Å². The van der Waals surface area contributed by atoms with Crippen LogP contribution in [0.4, 0.5) is 0 Å². The maximum atomic E-state index is 11.4. The fourth-order valence-corrected chi connectivity index (χ4v) is 0.759. The second-order valence-electron chi connectivity index (χ2n) is 3.77. The van der Waals surface area contributed by atoms with E-state index in [1.165, 1.54) is 13.8 Å². The lowest BCUT2D eigenvalue weighted by Crippen LogP contribution is -2.42. The SMILES string of the molecule is CCCNC(=O)CNC(=O)C(C)(C)C#N. The minimum absolute atomic E-state index is 0.0794. The summed E-state index contributed by atoms with van der Waals surface area (Å²) in [4.78, 5) is 22.5. The van der Waals surface area contributed by atoms with Crippen molar-refractivity contribution in [2.24, 2.45) is 5.41 Å². The zero-order valence-electron chi connectivity index (χ0n) is 9.39. The standard InChI is InChI=1S/C10H17N3O2/c1-4-5-12-8(14)6-13-9(15)10(2,3)7-11/h4-6H2,1-3H3,(H,12,14)(H,13,15). The molecule has 2 N–H and O–H groups in total. The van der Waals surface area contributed by atoms with Crippen LogP contribution in [-0.2, 0) is 9.59 Å². The summed E-state index contributed by atoms with van der Waals surface area (Å²) < 4.78 is 0. The Morgan fingerprint density at radius 3 is 2.40 bits per heavy atom. The average Bonchev–Trinajstić information content (AvgIpc) is 2.22. The van der Waals surface area contributed by atoms with E-state index >= 15 is 0 Å². The first-order valence-corrected chi connectivity index (χ1v) is 4.90. The maximum Gasteiger partial charge on any atom is 0.240 e. The van der Waals surface area contributed by atoms with E-state index in [9.17, 15) is 9.59 Å².